The zero-order valence-electron chi connectivity index (χ0n) is 29.9. The molecule has 0 aromatic heterocycles. The number of hydrogen-bond donors (Lipinski definition) is 3. The summed E-state index contributed by atoms with van der Waals surface area (Å²) in [7, 11) is 0. The average Bonchev–Trinajstić information content (AvgIpc) is 3.37. The van der Waals surface area contributed by atoms with Crippen LogP contribution in [-0.2, 0) is 4.79 Å². The fourth-order valence-corrected chi connectivity index (χ4v) is 12.9. The zero-order chi connectivity index (χ0) is 33.7. The summed E-state index contributed by atoms with van der Waals surface area (Å²) in [5.41, 5.74) is 10.3. The van der Waals surface area contributed by atoms with Crippen LogP contribution >= 0.6 is 0 Å². The highest BCUT2D eigenvalue weighted by Gasteiger charge is 2.71. The first-order chi connectivity index (χ1) is 21.3. The number of rotatable bonds is 6. The number of aromatic carboxylic acids is 1. The third-order valence-electron chi connectivity index (χ3n) is 15.2. The minimum absolute atomic E-state index is 0.0100. The first kappa shape index (κ1) is 33.5. The molecule has 4 saturated carbocycles. The fraction of sp³-hybridized carbons (Fsp3) is 0.707. The van der Waals surface area contributed by atoms with Crippen molar-refractivity contribution in [2.24, 2.45) is 62.4 Å². The van der Waals surface area contributed by atoms with Crippen LogP contribution in [0.15, 0.2) is 42.5 Å². The molecule has 0 saturated heterocycles. The van der Waals surface area contributed by atoms with E-state index in [1.165, 1.54) is 36.8 Å². The van der Waals surface area contributed by atoms with Gasteiger partial charge in [0.05, 0.1) is 11.0 Å². The Kier molecular flexibility index (Phi) is 7.87. The molecular weight excluding hydrogens is 568 g/mol. The van der Waals surface area contributed by atoms with Crippen molar-refractivity contribution in [3.05, 3.63) is 53.6 Å². The number of nitrogens with two attached hydrogens (primary N) is 1. The van der Waals surface area contributed by atoms with E-state index in [1.807, 2.05) is 26.0 Å². The highest BCUT2D eigenvalue weighted by Crippen LogP contribution is 2.77. The SMILES string of the molecule is C=C(C)[C@@H]1CC[C@]2(C(=O)NCC(C)(C)N)CC[C@]3(C)[C@H](CC[C@@H]4[C@@]5(C)CC=C(c6ccc(C(=O)O)cc6)C(C)(C)[C@@H]5CC[C@]43C)C12. The molecule has 5 nitrogen and oxygen atoms in total. The normalized spacial score (nSPS) is 41.2. The van der Waals surface area contributed by atoms with Crippen molar-refractivity contribution in [1.29, 1.82) is 0 Å². The molecule has 1 unspecified atom stereocenters. The molecule has 0 heterocycles. The molecule has 0 aliphatic heterocycles. The fourth-order valence-electron chi connectivity index (χ4n) is 12.9. The third-order valence-corrected chi connectivity index (χ3v) is 15.2. The molecule has 1 aromatic rings. The number of fused-ring (bicyclic) bond motifs is 7. The molecule has 5 aliphatic rings. The van der Waals surface area contributed by atoms with Gasteiger partial charge in [-0.05, 0) is 153 Å². The van der Waals surface area contributed by atoms with Gasteiger partial charge in [-0.2, -0.15) is 0 Å². The van der Waals surface area contributed by atoms with E-state index in [0.29, 0.717) is 41.7 Å². The van der Waals surface area contributed by atoms with E-state index in [9.17, 15) is 14.7 Å². The van der Waals surface area contributed by atoms with E-state index >= 15 is 0 Å². The third kappa shape index (κ3) is 4.71. The molecule has 4 N–H and O–H groups in total. The van der Waals surface area contributed by atoms with Gasteiger partial charge in [0.15, 0.2) is 0 Å². The van der Waals surface area contributed by atoms with Crippen molar-refractivity contribution >= 4 is 17.4 Å². The Morgan fingerprint density at radius 3 is 2.22 bits per heavy atom. The highest BCUT2D eigenvalue weighted by molar-refractivity contribution is 5.88. The van der Waals surface area contributed by atoms with Crippen molar-refractivity contribution in [1.82, 2.24) is 5.32 Å². The molecule has 0 radical (unpaired) electrons. The Balaban J connectivity index is 1.34. The average molecular weight is 629 g/mol. The highest BCUT2D eigenvalue weighted by atomic mass is 16.4. The molecule has 9 atom stereocenters. The van der Waals surface area contributed by atoms with E-state index in [2.05, 4.69) is 59.5 Å². The van der Waals surface area contributed by atoms with Crippen molar-refractivity contribution < 1.29 is 14.7 Å². The minimum atomic E-state index is -0.876. The van der Waals surface area contributed by atoms with Gasteiger partial charge in [-0.3, -0.25) is 4.79 Å². The predicted octanol–water partition coefficient (Wildman–Crippen LogP) is 8.89. The van der Waals surface area contributed by atoms with Gasteiger partial charge in [0.2, 0.25) is 5.91 Å². The molecule has 252 valence electrons. The van der Waals surface area contributed by atoms with Gasteiger partial charge in [0.25, 0.3) is 0 Å². The number of nitrogens with one attached hydrogen (secondary N) is 1. The van der Waals surface area contributed by atoms with Crippen LogP contribution in [0.5, 0.6) is 0 Å². The summed E-state index contributed by atoms with van der Waals surface area (Å²) in [6.07, 6.45) is 12.5. The molecule has 1 amide bonds. The van der Waals surface area contributed by atoms with Crippen LogP contribution in [0.1, 0.15) is 129 Å². The summed E-state index contributed by atoms with van der Waals surface area (Å²) in [6, 6.07) is 7.53. The Labute approximate surface area is 278 Å². The number of amides is 1. The lowest BCUT2D eigenvalue weighted by Crippen LogP contribution is -2.66. The van der Waals surface area contributed by atoms with Crippen LogP contribution in [0.2, 0.25) is 0 Å². The smallest absolute Gasteiger partial charge is 0.335 e. The Morgan fingerprint density at radius 2 is 1.61 bits per heavy atom. The second-order valence-corrected chi connectivity index (χ2v) is 18.4. The van der Waals surface area contributed by atoms with E-state index in [0.717, 1.165) is 37.7 Å². The Morgan fingerprint density at radius 1 is 0.935 bits per heavy atom. The molecule has 5 aliphatic carbocycles. The molecule has 0 bridgehead atoms. The predicted molar refractivity (Wildman–Crippen MR) is 187 cm³/mol. The number of allylic oxidation sites excluding steroid dienone is 3. The monoisotopic (exact) mass is 628 g/mol. The lowest BCUT2D eigenvalue weighted by atomic mass is 9.32. The summed E-state index contributed by atoms with van der Waals surface area (Å²) < 4.78 is 0. The summed E-state index contributed by atoms with van der Waals surface area (Å²) in [5.74, 6) is 1.80. The van der Waals surface area contributed by atoms with E-state index in [1.54, 1.807) is 12.1 Å². The van der Waals surface area contributed by atoms with Gasteiger partial charge in [0, 0.05) is 12.1 Å². The molecule has 46 heavy (non-hydrogen) atoms. The maximum absolute atomic E-state index is 14.2. The lowest BCUT2D eigenvalue weighted by molar-refractivity contribution is -0.225. The van der Waals surface area contributed by atoms with Gasteiger partial charge < -0.3 is 16.2 Å². The molecule has 0 spiro atoms. The second kappa shape index (κ2) is 10.8. The van der Waals surface area contributed by atoms with Gasteiger partial charge in [-0.1, -0.05) is 65.0 Å². The van der Waals surface area contributed by atoms with Crippen molar-refractivity contribution in [2.75, 3.05) is 6.54 Å². The summed E-state index contributed by atoms with van der Waals surface area (Å²) >= 11 is 0. The minimum Gasteiger partial charge on any atom is -0.478 e. The molecular formula is C41H60N2O3. The number of carboxylic acid groups (broad SMARTS) is 1. The first-order valence-corrected chi connectivity index (χ1v) is 18.1. The molecule has 1 aromatic carbocycles. The van der Waals surface area contributed by atoms with Gasteiger partial charge in [0.1, 0.15) is 0 Å². The van der Waals surface area contributed by atoms with Crippen molar-refractivity contribution in [3.8, 4) is 0 Å². The summed E-state index contributed by atoms with van der Waals surface area (Å²) in [4.78, 5) is 25.8. The molecule has 5 heteroatoms. The van der Waals surface area contributed by atoms with Crippen LogP contribution in [-0.4, -0.2) is 29.1 Å². The van der Waals surface area contributed by atoms with Crippen LogP contribution in [0.4, 0.5) is 0 Å². The van der Waals surface area contributed by atoms with E-state index in [4.69, 9.17) is 5.73 Å². The van der Waals surface area contributed by atoms with E-state index in [-0.39, 0.29) is 33.0 Å². The quantitative estimate of drug-likeness (QED) is 0.274. The Bertz CT molecular complexity index is 1450. The van der Waals surface area contributed by atoms with E-state index < -0.39 is 11.5 Å². The summed E-state index contributed by atoms with van der Waals surface area (Å²) in [6.45, 7) is 24.0. The number of carboxylic acids is 1. The van der Waals surface area contributed by atoms with Gasteiger partial charge >= 0.3 is 5.97 Å². The zero-order valence-corrected chi connectivity index (χ0v) is 29.9. The Hall–Kier alpha value is -2.40. The number of benzene rings is 1. The van der Waals surface area contributed by atoms with Crippen LogP contribution in [0.3, 0.4) is 0 Å². The maximum atomic E-state index is 14.2. The van der Waals surface area contributed by atoms with Crippen LogP contribution in [0.25, 0.3) is 5.57 Å². The summed E-state index contributed by atoms with van der Waals surface area (Å²) in [5, 5.41) is 12.8. The van der Waals surface area contributed by atoms with Gasteiger partial charge in [-0.15, -0.1) is 0 Å². The second-order valence-electron chi connectivity index (χ2n) is 18.4. The number of carbonyl (C=O) groups is 2. The lowest BCUT2D eigenvalue weighted by Gasteiger charge is -2.72. The van der Waals surface area contributed by atoms with Crippen LogP contribution in [0, 0.1) is 56.7 Å². The number of carbonyl (C=O) groups excluding carboxylic acids is 1. The molecule has 6 rings (SSSR count). The van der Waals surface area contributed by atoms with Crippen LogP contribution < -0.4 is 11.1 Å². The maximum Gasteiger partial charge on any atom is 0.335 e. The topological polar surface area (TPSA) is 92.4 Å². The largest absolute Gasteiger partial charge is 0.478 e. The van der Waals surface area contributed by atoms with Gasteiger partial charge in [-0.25, -0.2) is 4.79 Å². The van der Waals surface area contributed by atoms with Crippen molar-refractivity contribution in [2.45, 2.75) is 119 Å². The number of hydrogen-bond acceptors (Lipinski definition) is 3. The molecule has 4 fully saturated rings. The van der Waals surface area contributed by atoms with Crippen molar-refractivity contribution in [3.63, 3.8) is 0 Å². The first-order valence-electron chi connectivity index (χ1n) is 18.1. The standard InChI is InChI=1S/C41H60N2O3/c1-25(2)28-16-21-41(35(46)43-24-36(3,4)42)23-22-39(8)30(33(28)41)14-15-32-38(7)19-17-29(26-10-12-27(13-11-26)34(44)45)37(5,6)31(38)18-20-40(32,39)9/h10-13,17,28,30-33H,1,14-16,18-24,42H2,2-9H3,(H,43,46)(H,44,45)/t28-,30+,31-,32+,33?,38-,39+,40+,41-/m0/s1.